The second kappa shape index (κ2) is 2.93. The van der Waals surface area contributed by atoms with Crippen LogP contribution in [0.3, 0.4) is 0 Å². The van der Waals surface area contributed by atoms with Crippen LogP contribution in [0.1, 0.15) is 0 Å². The van der Waals surface area contributed by atoms with Crippen LogP contribution >= 0.6 is 11.6 Å². The molecule has 0 N–H and O–H groups in total. The highest BCUT2D eigenvalue weighted by Crippen LogP contribution is 2.46. The van der Waals surface area contributed by atoms with Crippen LogP contribution in [-0.4, -0.2) is 23.9 Å². The van der Waals surface area contributed by atoms with Crippen LogP contribution in [0.15, 0.2) is 0 Å². The topological polar surface area (TPSA) is 0 Å². The van der Waals surface area contributed by atoms with Gasteiger partial charge in [0, 0.05) is 0 Å². The number of rotatable bonds is 1. The second-order valence-corrected chi connectivity index (χ2v) is 2.20. The van der Waals surface area contributed by atoms with Crippen molar-refractivity contribution in [3.63, 3.8) is 0 Å². The molecule has 0 fully saturated rings. The number of hydrogen-bond donors (Lipinski definition) is 0. The van der Waals surface area contributed by atoms with Gasteiger partial charge in [-0.1, -0.05) is 0 Å². The number of hydrogen-bond acceptors (Lipinski definition) is 0. The molecule has 0 radical (unpaired) electrons. The lowest BCUT2D eigenvalue weighted by Gasteiger charge is -2.27. The fraction of sp³-hybridized carbons (Fsp3) is 1.00. The Morgan fingerprint density at radius 1 is 0.750 bits per heavy atom. The lowest BCUT2D eigenvalue weighted by atomic mass is 10.1. The van der Waals surface area contributed by atoms with Crippen molar-refractivity contribution in [1.82, 2.24) is 0 Å². The molecule has 0 aliphatic heterocycles. The molecule has 0 spiro atoms. The maximum atomic E-state index is 12.2. The minimum atomic E-state index is -6.03. The zero-order valence-electron chi connectivity index (χ0n) is 5.23. The number of alkyl halides is 8. The van der Waals surface area contributed by atoms with Crippen LogP contribution in [0.5, 0.6) is 0 Å². The SMILES string of the molecule is FC(F)(F)C(F)(CCl)C(F)(F)F. The van der Waals surface area contributed by atoms with Crippen LogP contribution in [-0.2, 0) is 0 Å². The molecule has 0 aliphatic rings. The van der Waals surface area contributed by atoms with Crippen molar-refractivity contribution in [2.45, 2.75) is 18.0 Å². The largest absolute Gasteiger partial charge is 0.432 e. The maximum absolute atomic E-state index is 12.2. The predicted octanol–water partition coefficient (Wildman–Crippen LogP) is 3.06. The van der Waals surface area contributed by atoms with Gasteiger partial charge in [0.2, 0.25) is 0 Å². The summed E-state index contributed by atoms with van der Waals surface area (Å²) in [4.78, 5) is 0. The van der Waals surface area contributed by atoms with Gasteiger partial charge in [-0.15, -0.1) is 11.6 Å². The summed E-state index contributed by atoms with van der Waals surface area (Å²) < 4.78 is 80.7. The maximum Gasteiger partial charge on any atom is 0.432 e. The summed E-state index contributed by atoms with van der Waals surface area (Å²) in [6.07, 6.45) is -12.1. The average molecular weight is 218 g/mol. The van der Waals surface area contributed by atoms with E-state index < -0.39 is 23.9 Å². The highest BCUT2D eigenvalue weighted by Gasteiger charge is 2.72. The fourth-order valence-corrected chi connectivity index (χ4v) is 0.615. The van der Waals surface area contributed by atoms with Crippen LogP contribution in [0, 0.1) is 0 Å². The van der Waals surface area contributed by atoms with Gasteiger partial charge in [0.05, 0.1) is 5.88 Å². The van der Waals surface area contributed by atoms with Crippen molar-refractivity contribution >= 4 is 11.6 Å². The van der Waals surface area contributed by atoms with E-state index in [9.17, 15) is 30.7 Å². The Hall–Kier alpha value is -0.200. The summed E-state index contributed by atoms with van der Waals surface area (Å²) in [6, 6.07) is 0. The Balaban J connectivity index is 4.95. The van der Waals surface area contributed by atoms with E-state index in [-0.39, 0.29) is 0 Å². The van der Waals surface area contributed by atoms with Gasteiger partial charge in [0.25, 0.3) is 0 Å². The van der Waals surface area contributed by atoms with Gasteiger partial charge in [0.15, 0.2) is 0 Å². The Kier molecular flexibility index (Phi) is 2.89. The third kappa shape index (κ3) is 1.75. The van der Waals surface area contributed by atoms with Gasteiger partial charge >= 0.3 is 18.0 Å². The molecule has 0 saturated carbocycles. The Morgan fingerprint density at radius 2 is 1.00 bits per heavy atom. The summed E-state index contributed by atoms with van der Waals surface area (Å²) in [6.45, 7) is 0. The van der Waals surface area contributed by atoms with E-state index in [0.717, 1.165) is 0 Å². The molecule has 0 atom stereocenters. The first-order valence-corrected chi connectivity index (χ1v) is 2.98. The van der Waals surface area contributed by atoms with Crippen molar-refractivity contribution < 1.29 is 30.7 Å². The minimum Gasteiger partial charge on any atom is -0.222 e. The average Bonchev–Trinajstić information content (AvgIpc) is 1.81. The molecule has 74 valence electrons. The first-order valence-electron chi connectivity index (χ1n) is 2.44. The van der Waals surface area contributed by atoms with Gasteiger partial charge in [-0.25, -0.2) is 4.39 Å². The third-order valence-electron chi connectivity index (χ3n) is 1.08. The predicted molar refractivity (Wildman–Crippen MR) is 26.7 cm³/mol. The van der Waals surface area contributed by atoms with E-state index in [1.165, 1.54) is 0 Å². The van der Waals surface area contributed by atoms with E-state index in [1.807, 2.05) is 0 Å². The molecule has 0 aromatic rings. The normalized spacial score (nSPS) is 15.0. The summed E-state index contributed by atoms with van der Waals surface area (Å²) >= 11 is 4.26. The zero-order valence-corrected chi connectivity index (χ0v) is 5.99. The Morgan fingerprint density at radius 3 is 1.00 bits per heavy atom. The fourth-order valence-electron chi connectivity index (χ4n) is 0.312. The van der Waals surface area contributed by atoms with Crippen molar-refractivity contribution in [3.05, 3.63) is 0 Å². The molecule has 0 amide bonds. The molecular formula is C4H2ClF7. The molecule has 0 aromatic carbocycles. The molecule has 0 saturated heterocycles. The van der Waals surface area contributed by atoms with Crippen molar-refractivity contribution in [1.29, 1.82) is 0 Å². The standard InChI is InChI=1S/C4H2ClF7/c5-1-2(6,3(7,8)9)4(10,11)12/h1H2. The first-order chi connectivity index (χ1) is 5.06. The van der Waals surface area contributed by atoms with Gasteiger partial charge in [-0.3, -0.25) is 0 Å². The highest BCUT2D eigenvalue weighted by atomic mass is 35.5. The summed E-state index contributed by atoms with van der Waals surface area (Å²) in [5.74, 6) is -2.19. The summed E-state index contributed by atoms with van der Waals surface area (Å²) in [7, 11) is 0. The lowest BCUT2D eigenvalue weighted by Crippen LogP contribution is -2.54. The molecule has 0 heterocycles. The Bertz CT molecular complexity index is 142. The minimum absolute atomic E-state index is 2.19. The molecular weight excluding hydrogens is 216 g/mol. The molecule has 0 aliphatic carbocycles. The summed E-state index contributed by atoms with van der Waals surface area (Å²) in [5.41, 5.74) is -5.32. The second-order valence-electron chi connectivity index (χ2n) is 1.93. The highest BCUT2D eigenvalue weighted by molar-refractivity contribution is 6.18. The molecule has 12 heavy (non-hydrogen) atoms. The van der Waals surface area contributed by atoms with Gasteiger partial charge < -0.3 is 0 Å². The van der Waals surface area contributed by atoms with E-state index in [2.05, 4.69) is 11.6 Å². The monoisotopic (exact) mass is 218 g/mol. The van der Waals surface area contributed by atoms with E-state index in [0.29, 0.717) is 0 Å². The van der Waals surface area contributed by atoms with E-state index in [4.69, 9.17) is 0 Å². The van der Waals surface area contributed by atoms with E-state index >= 15 is 0 Å². The van der Waals surface area contributed by atoms with Gasteiger partial charge in [-0.2, -0.15) is 26.3 Å². The smallest absolute Gasteiger partial charge is 0.222 e. The van der Waals surface area contributed by atoms with Crippen LogP contribution in [0.4, 0.5) is 30.7 Å². The lowest BCUT2D eigenvalue weighted by molar-refractivity contribution is -0.332. The van der Waals surface area contributed by atoms with Crippen LogP contribution < -0.4 is 0 Å². The van der Waals surface area contributed by atoms with E-state index in [1.54, 1.807) is 0 Å². The van der Waals surface area contributed by atoms with Gasteiger partial charge in [0.1, 0.15) is 0 Å². The van der Waals surface area contributed by atoms with Crippen molar-refractivity contribution in [2.24, 2.45) is 0 Å². The number of halogens is 8. The molecule has 8 heteroatoms. The summed E-state index contributed by atoms with van der Waals surface area (Å²) in [5, 5.41) is 0. The molecule has 0 bridgehead atoms. The Labute approximate surface area is 67.3 Å². The molecule has 0 unspecified atom stereocenters. The first kappa shape index (κ1) is 11.8. The van der Waals surface area contributed by atoms with Gasteiger partial charge in [-0.05, 0) is 0 Å². The quantitative estimate of drug-likeness (QED) is 0.469. The van der Waals surface area contributed by atoms with Crippen LogP contribution in [0.25, 0.3) is 0 Å². The van der Waals surface area contributed by atoms with Crippen molar-refractivity contribution in [3.8, 4) is 0 Å². The molecule has 0 nitrogen and oxygen atoms in total. The zero-order chi connectivity index (χ0) is 10.2. The third-order valence-corrected chi connectivity index (χ3v) is 1.45. The molecule has 0 aromatic heterocycles. The van der Waals surface area contributed by atoms with Crippen molar-refractivity contribution in [2.75, 3.05) is 5.88 Å². The molecule has 0 rings (SSSR count). The van der Waals surface area contributed by atoms with Crippen LogP contribution in [0.2, 0.25) is 0 Å².